The molecular formula is C8H8F2N2O2. The fraction of sp³-hybridized carbons (Fsp3) is 0.250. The van der Waals surface area contributed by atoms with Gasteiger partial charge in [0.15, 0.2) is 0 Å². The molecule has 0 aliphatic carbocycles. The second-order valence-corrected chi connectivity index (χ2v) is 2.69. The van der Waals surface area contributed by atoms with Crippen LogP contribution in [0.2, 0.25) is 0 Å². The second-order valence-electron chi connectivity index (χ2n) is 2.69. The van der Waals surface area contributed by atoms with Crippen molar-refractivity contribution in [2.75, 3.05) is 0 Å². The highest BCUT2D eigenvalue weighted by molar-refractivity contribution is 5.93. The van der Waals surface area contributed by atoms with Crippen LogP contribution in [0, 0.1) is 0 Å². The van der Waals surface area contributed by atoms with Crippen molar-refractivity contribution in [3.8, 4) is 0 Å². The second kappa shape index (κ2) is 3.57. The molecule has 1 rings (SSSR count). The van der Waals surface area contributed by atoms with Crippen LogP contribution in [0.1, 0.15) is 22.5 Å². The van der Waals surface area contributed by atoms with Gasteiger partial charge in [-0.1, -0.05) is 0 Å². The summed E-state index contributed by atoms with van der Waals surface area (Å²) in [5.41, 5.74) is 3.30. The van der Waals surface area contributed by atoms with Crippen LogP contribution in [0.4, 0.5) is 8.78 Å². The minimum Gasteiger partial charge on any atom is -0.366 e. The van der Waals surface area contributed by atoms with Crippen molar-refractivity contribution in [3.63, 3.8) is 0 Å². The molecule has 2 N–H and O–H groups in total. The van der Waals surface area contributed by atoms with E-state index in [1.807, 2.05) is 0 Å². The topological polar surface area (TPSA) is 65.1 Å². The lowest BCUT2D eigenvalue weighted by atomic mass is 10.2. The van der Waals surface area contributed by atoms with Gasteiger partial charge in [-0.3, -0.25) is 9.59 Å². The summed E-state index contributed by atoms with van der Waals surface area (Å²) in [7, 11) is 1.16. The molecule has 0 saturated carbocycles. The van der Waals surface area contributed by atoms with Crippen molar-refractivity contribution in [2.24, 2.45) is 12.8 Å². The number of primary amides is 1. The van der Waals surface area contributed by atoms with Gasteiger partial charge in [0.25, 0.3) is 17.9 Å². The summed E-state index contributed by atoms with van der Waals surface area (Å²) in [6.45, 7) is 0. The third-order valence-corrected chi connectivity index (χ3v) is 1.83. The minimum atomic E-state index is -2.91. The largest absolute Gasteiger partial charge is 0.366 e. The van der Waals surface area contributed by atoms with Gasteiger partial charge < -0.3 is 10.3 Å². The molecule has 0 fully saturated rings. The predicted molar refractivity (Wildman–Crippen MR) is 45.2 cm³/mol. The standard InChI is InChI=1S/C8H8F2N2O2/c1-12-5(13)3-2-4(8(11)14)6(12)7(9)10/h2-3,7H,1H3,(H2,11,14). The molecule has 1 heterocycles. The van der Waals surface area contributed by atoms with Gasteiger partial charge in [-0.05, 0) is 6.07 Å². The third-order valence-electron chi connectivity index (χ3n) is 1.83. The Morgan fingerprint density at radius 2 is 2.07 bits per heavy atom. The lowest BCUT2D eigenvalue weighted by Gasteiger charge is -2.09. The summed E-state index contributed by atoms with van der Waals surface area (Å²) in [5, 5.41) is 0. The van der Waals surface area contributed by atoms with Crippen LogP contribution < -0.4 is 11.3 Å². The zero-order chi connectivity index (χ0) is 10.9. The molecule has 14 heavy (non-hydrogen) atoms. The number of hydrogen-bond acceptors (Lipinski definition) is 2. The van der Waals surface area contributed by atoms with Gasteiger partial charge in [-0.2, -0.15) is 0 Å². The number of amides is 1. The van der Waals surface area contributed by atoms with Crippen LogP contribution >= 0.6 is 0 Å². The first-order chi connectivity index (χ1) is 6.45. The van der Waals surface area contributed by atoms with Crippen molar-refractivity contribution in [1.29, 1.82) is 0 Å². The quantitative estimate of drug-likeness (QED) is 0.755. The van der Waals surface area contributed by atoms with Crippen LogP contribution in [0.15, 0.2) is 16.9 Å². The molecule has 0 spiro atoms. The van der Waals surface area contributed by atoms with Crippen LogP contribution in [0.3, 0.4) is 0 Å². The summed E-state index contributed by atoms with van der Waals surface area (Å²) in [6.07, 6.45) is -2.91. The van der Waals surface area contributed by atoms with Gasteiger partial charge in [0, 0.05) is 13.1 Å². The van der Waals surface area contributed by atoms with Crippen molar-refractivity contribution < 1.29 is 13.6 Å². The summed E-state index contributed by atoms with van der Waals surface area (Å²) < 4.78 is 25.6. The summed E-state index contributed by atoms with van der Waals surface area (Å²) in [4.78, 5) is 21.8. The van der Waals surface area contributed by atoms with E-state index in [-0.39, 0.29) is 5.56 Å². The van der Waals surface area contributed by atoms with Gasteiger partial charge >= 0.3 is 0 Å². The number of aromatic nitrogens is 1. The number of nitrogens with two attached hydrogens (primary N) is 1. The van der Waals surface area contributed by atoms with E-state index in [4.69, 9.17) is 5.73 Å². The minimum absolute atomic E-state index is 0.331. The molecule has 0 atom stereocenters. The highest BCUT2D eigenvalue weighted by Crippen LogP contribution is 2.20. The molecular weight excluding hydrogens is 194 g/mol. The molecule has 1 aromatic rings. The summed E-state index contributed by atoms with van der Waals surface area (Å²) in [5.74, 6) is -0.976. The normalized spacial score (nSPS) is 10.6. The summed E-state index contributed by atoms with van der Waals surface area (Å²) >= 11 is 0. The number of halogens is 2. The number of pyridine rings is 1. The van der Waals surface area contributed by atoms with Gasteiger partial charge in [0.2, 0.25) is 0 Å². The van der Waals surface area contributed by atoms with E-state index in [1.54, 1.807) is 0 Å². The fourth-order valence-electron chi connectivity index (χ4n) is 1.12. The number of carbonyl (C=O) groups excluding carboxylic acids is 1. The third kappa shape index (κ3) is 1.63. The van der Waals surface area contributed by atoms with E-state index in [1.165, 1.54) is 0 Å². The number of rotatable bonds is 2. The zero-order valence-corrected chi connectivity index (χ0v) is 7.33. The van der Waals surface area contributed by atoms with E-state index in [0.717, 1.165) is 19.2 Å². The average Bonchev–Trinajstić information content (AvgIpc) is 2.08. The number of nitrogens with zero attached hydrogens (tertiary/aromatic N) is 1. The molecule has 4 nitrogen and oxygen atoms in total. The van der Waals surface area contributed by atoms with Crippen LogP contribution in [0.25, 0.3) is 0 Å². The highest BCUT2D eigenvalue weighted by atomic mass is 19.3. The molecule has 0 unspecified atom stereocenters. The Morgan fingerprint density at radius 3 is 2.50 bits per heavy atom. The maximum absolute atomic E-state index is 12.5. The van der Waals surface area contributed by atoms with Gasteiger partial charge in [0.05, 0.1) is 11.3 Å². The molecule has 0 aliphatic heterocycles. The van der Waals surface area contributed by atoms with Crippen LogP contribution in [-0.4, -0.2) is 10.5 Å². The number of alkyl halides is 2. The van der Waals surface area contributed by atoms with Crippen molar-refractivity contribution >= 4 is 5.91 Å². The Bertz CT molecular complexity index is 426. The van der Waals surface area contributed by atoms with Gasteiger partial charge in [0.1, 0.15) is 0 Å². The van der Waals surface area contributed by atoms with Gasteiger partial charge in [-0.15, -0.1) is 0 Å². The highest BCUT2D eigenvalue weighted by Gasteiger charge is 2.19. The number of hydrogen-bond donors (Lipinski definition) is 1. The first-order valence-corrected chi connectivity index (χ1v) is 3.73. The summed E-state index contributed by atoms with van der Waals surface area (Å²) in [6, 6.07) is 2.03. The molecule has 0 saturated heterocycles. The fourth-order valence-corrected chi connectivity index (χ4v) is 1.12. The van der Waals surface area contributed by atoms with E-state index >= 15 is 0 Å². The molecule has 76 valence electrons. The lowest BCUT2D eigenvalue weighted by molar-refractivity contribution is 0.0979. The number of carbonyl (C=O) groups is 1. The first kappa shape index (κ1) is 10.4. The van der Waals surface area contributed by atoms with Crippen LogP contribution in [0.5, 0.6) is 0 Å². The van der Waals surface area contributed by atoms with Gasteiger partial charge in [-0.25, -0.2) is 8.78 Å². The Balaban J connectivity index is 3.53. The predicted octanol–water partition coefficient (Wildman–Crippen LogP) is 0.422. The monoisotopic (exact) mass is 202 g/mol. The SMILES string of the molecule is Cn1c(C(F)F)c(C(N)=O)ccc1=O. The zero-order valence-electron chi connectivity index (χ0n) is 7.33. The van der Waals surface area contributed by atoms with Crippen molar-refractivity contribution in [3.05, 3.63) is 33.7 Å². The molecule has 0 radical (unpaired) electrons. The Hall–Kier alpha value is -1.72. The Morgan fingerprint density at radius 1 is 1.50 bits per heavy atom. The molecule has 1 aromatic heterocycles. The van der Waals surface area contributed by atoms with E-state index in [0.29, 0.717) is 4.57 Å². The molecule has 0 aromatic carbocycles. The van der Waals surface area contributed by atoms with Crippen molar-refractivity contribution in [2.45, 2.75) is 6.43 Å². The van der Waals surface area contributed by atoms with E-state index in [9.17, 15) is 18.4 Å². The Labute approximate surface area is 77.9 Å². The van der Waals surface area contributed by atoms with Crippen LogP contribution in [-0.2, 0) is 7.05 Å². The smallest absolute Gasteiger partial charge is 0.279 e. The molecule has 0 bridgehead atoms. The maximum atomic E-state index is 12.5. The van der Waals surface area contributed by atoms with E-state index in [2.05, 4.69) is 0 Å². The maximum Gasteiger partial charge on any atom is 0.279 e. The molecule has 0 aliphatic rings. The molecule has 6 heteroatoms. The van der Waals surface area contributed by atoms with Crippen molar-refractivity contribution in [1.82, 2.24) is 4.57 Å². The first-order valence-electron chi connectivity index (χ1n) is 3.73. The molecule has 1 amide bonds. The average molecular weight is 202 g/mol. The van der Waals surface area contributed by atoms with E-state index < -0.39 is 23.6 Å². The lowest BCUT2D eigenvalue weighted by Crippen LogP contribution is -2.25. The Kier molecular flexibility index (Phi) is 2.64.